The van der Waals surface area contributed by atoms with Crippen LogP contribution in [0.2, 0.25) is 0 Å². The summed E-state index contributed by atoms with van der Waals surface area (Å²) in [4.78, 5) is 13.4. The smallest absolute Gasteiger partial charge is 0.227 e. The quantitative estimate of drug-likeness (QED) is 0.862. The summed E-state index contributed by atoms with van der Waals surface area (Å²) < 4.78 is 0. The molecular weight excluding hydrogens is 252 g/mol. The molecule has 1 saturated heterocycles. The third-order valence-electron chi connectivity index (χ3n) is 4.62. The van der Waals surface area contributed by atoms with Crippen LogP contribution in [0.4, 0.5) is 5.69 Å². The normalized spacial score (nSPS) is 21.7. The number of rotatable bonds is 2. The molecule has 0 saturated carbocycles. The molecule has 1 amide bonds. The first-order valence-corrected chi connectivity index (χ1v) is 7.45. The highest BCUT2D eigenvalue weighted by Gasteiger charge is 2.26. The molecule has 2 N–H and O–H groups in total. The van der Waals surface area contributed by atoms with Crippen LogP contribution in [0.25, 0.3) is 0 Å². The molecule has 0 aliphatic carbocycles. The molecule has 2 heterocycles. The largest absolute Gasteiger partial charge is 0.388 e. The van der Waals surface area contributed by atoms with Crippen LogP contribution in [-0.2, 0) is 11.2 Å². The Hall–Kier alpha value is -1.39. The summed E-state index contributed by atoms with van der Waals surface area (Å²) in [5.41, 5.74) is 3.17. The molecule has 1 aromatic carbocycles. The van der Waals surface area contributed by atoms with Gasteiger partial charge in [0, 0.05) is 19.2 Å². The van der Waals surface area contributed by atoms with Gasteiger partial charge in [0.1, 0.15) is 0 Å². The topological polar surface area (TPSA) is 52.6 Å². The monoisotopic (exact) mass is 274 g/mol. The van der Waals surface area contributed by atoms with Gasteiger partial charge in [-0.3, -0.25) is 4.79 Å². The fourth-order valence-corrected chi connectivity index (χ4v) is 3.29. The van der Waals surface area contributed by atoms with Crippen molar-refractivity contribution in [3.8, 4) is 0 Å². The lowest BCUT2D eigenvalue weighted by Gasteiger charge is -2.30. The number of aliphatic hydroxyl groups is 1. The van der Waals surface area contributed by atoms with Crippen molar-refractivity contribution in [2.75, 3.05) is 25.0 Å². The molecule has 1 atom stereocenters. The fourth-order valence-electron chi connectivity index (χ4n) is 3.29. The Balaban J connectivity index is 1.83. The number of hydrogen-bond acceptors (Lipinski definition) is 3. The van der Waals surface area contributed by atoms with Crippen molar-refractivity contribution in [2.45, 2.75) is 31.8 Å². The first-order chi connectivity index (χ1) is 9.66. The van der Waals surface area contributed by atoms with Crippen molar-refractivity contribution in [1.29, 1.82) is 0 Å². The molecular formula is C16H22N2O2. The third kappa shape index (κ3) is 2.45. The Morgan fingerprint density at radius 3 is 2.80 bits per heavy atom. The lowest BCUT2D eigenvalue weighted by molar-refractivity contribution is -0.118. The number of anilines is 1. The number of nitrogens with one attached hydrogen (secondary N) is 1. The standard InChI is InChI=1S/C16H22N2O2/c1-18-14-4-2-13(10-12(14)3-5-15(18)19)16(20)11-6-8-17-9-7-11/h2,4,10-11,16-17,20H,3,5-9H2,1H3. The molecule has 1 fully saturated rings. The van der Waals surface area contributed by atoms with Gasteiger partial charge in [-0.05, 0) is 55.5 Å². The minimum Gasteiger partial charge on any atom is -0.388 e. The van der Waals surface area contributed by atoms with E-state index in [1.54, 1.807) is 4.90 Å². The molecule has 0 spiro atoms. The minimum atomic E-state index is -0.384. The van der Waals surface area contributed by atoms with Crippen molar-refractivity contribution in [2.24, 2.45) is 5.92 Å². The summed E-state index contributed by atoms with van der Waals surface area (Å²) in [6, 6.07) is 6.04. The average Bonchev–Trinajstić information content (AvgIpc) is 2.51. The van der Waals surface area contributed by atoms with Gasteiger partial charge in [0.25, 0.3) is 0 Å². The summed E-state index contributed by atoms with van der Waals surface area (Å²) >= 11 is 0. The maximum absolute atomic E-state index is 11.7. The zero-order valence-corrected chi connectivity index (χ0v) is 11.9. The van der Waals surface area contributed by atoms with Gasteiger partial charge in [-0.1, -0.05) is 12.1 Å². The van der Waals surface area contributed by atoms with E-state index in [1.807, 2.05) is 19.2 Å². The van der Waals surface area contributed by atoms with E-state index in [4.69, 9.17) is 0 Å². The van der Waals surface area contributed by atoms with E-state index >= 15 is 0 Å². The molecule has 0 bridgehead atoms. The molecule has 1 unspecified atom stereocenters. The van der Waals surface area contributed by atoms with Crippen molar-refractivity contribution < 1.29 is 9.90 Å². The molecule has 0 radical (unpaired) electrons. The molecule has 2 aliphatic rings. The van der Waals surface area contributed by atoms with E-state index in [1.165, 1.54) is 5.56 Å². The van der Waals surface area contributed by atoms with E-state index in [-0.39, 0.29) is 12.0 Å². The Labute approximate surface area is 119 Å². The number of carbonyl (C=O) groups excluding carboxylic acids is 1. The number of piperidine rings is 1. The highest BCUT2D eigenvalue weighted by molar-refractivity contribution is 5.95. The number of aliphatic hydroxyl groups excluding tert-OH is 1. The second-order valence-electron chi connectivity index (χ2n) is 5.87. The Kier molecular flexibility index (Phi) is 3.76. The number of fused-ring (bicyclic) bond motifs is 1. The van der Waals surface area contributed by atoms with Gasteiger partial charge >= 0.3 is 0 Å². The van der Waals surface area contributed by atoms with E-state index in [0.29, 0.717) is 12.3 Å². The Morgan fingerprint density at radius 1 is 1.30 bits per heavy atom. The lowest BCUT2D eigenvalue weighted by atomic mass is 9.86. The van der Waals surface area contributed by atoms with Crippen LogP contribution in [0, 0.1) is 5.92 Å². The molecule has 108 valence electrons. The van der Waals surface area contributed by atoms with Crippen LogP contribution in [-0.4, -0.2) is 31.2 Å². The predicted molar refractivity (Wildman–Crippen MR) is 78.7 cm³/mol. The summed E-state index contributed by atoms with van der Waals surface area (Å²) in [6.45, 7) is 1.98. The molecule has 3 rings (SSSR count). The first kappa shape index (κ1) is 13.6. The van der Waals surface area contributed by atoms with Crippen molar-refractivity contribution in [3.63, 3.8) is 0 Å². The molecule has 4 heteroatoms. The van der Waals surface area contributed by atoms with Crippen molar-refractivity contribution in [1.82, 2.24) is 5.32 Å². The number of amides is 1. The molecule has 2 aliphatic heterocycles. The van der Waals surface area contributed by atoms with Crippen LogP contribution >= 0.6 is 0 Å². The van der Waals surface area contributed by atoms with Gasteiger partial charge in [0.15, 0.2) is 0 Å². The number of hydrogen-bond donors (Lipinski definition) is 2. The van der Waals surface area contributed by atoms with E-state index in [0.717, 1.165) is 43.6 Å². The Morgan fingerprint density at radius 2 is 2.05 bits per heavy atom. The highest BCUT2D eigenvalue weighted by atomic mass is 16.3. The van der Waals surface area contributed by atoms with Gasteiger partial charge in [-0.15, -0.1) is 0 Å². The van der Waals surface area contributed by atoms with Crippen LogP contribution < -0.4 is 10.2 Å². The Bertz CT molecular complexity index is 509. The third-order valence-corrected chi connectivity index (χ3v) is 4.62. The second-order valence-corrected chi connectivity index (χ2v) is 5.87. The summed E-state index contributed by atoms with van der Waals surface area (Å²) in [6.07, 6.45) is 3.01. The summed E-state index contributed by atoms with van der Waals surface area (Å²) in [7, 11) is 1.82. The summed E-state index contributed by atoms with van der Waals surface area (Å²) in [5, 5.41) is 13.9. The van der Waals surface area contributed by atoms with E-state index < -0.39 is 0 Å². The van der Waals surface area contributed by atoms with Crippen LogP contribution in [0.5, 0.6) is 0 Å². The average molecular weight is 274 g/mol. The van der Waals surface area contributed by atoms with Crippen molar-refractivity contribution in [3.05, 3.63) is 29.3 Å². The number of benzene rings is 1. The van der Waals surface area contributed by atoms with Gasteiger partial charge < -0.3 is 15.3 Å². The van der Waals surface area contributed by atoms with Crippen LogP contribution in [0.15, 0.2) is 18.2 Å². The second kappa shape index (κ2) is 5.54. The molecule has 0 aromatic heterocycles. The van der Waals surface area contributed by atoms with E-state index in [2.05, 4.69) is 11.4 Å². The van der Waals surface area contributed by atoms with Crippen LogP contribution in [0.1, 0.15) is 36.5 Å². The van der Waals surface area contributed by atoms with Gasteiger partial charge in [0.05, 0.1) is 6.10 Å². The number of nitrogens with zero attached hydrogens (tertiary/aromatic N) is 1. The predicted octanol–water partition coefficient (Wildman–Crippen LogP) is 1.63. The maximum atomic E-state index is 11.7. The zero-order chi connectivity index (χ0) is 14.1. The fraction of sp³-hybridized carbons (Fsp3) is 0.562. The van der Waals surface area contributed by atoms with Crippen LogP contribution in [0.3, 0.4) is 0 Å². The van der Waals surface area contributed by atoms with Gasteiger partial charge in [-0.25, -0.2) is 0 Å². The summed E-state index contributed by atoms with van der Waals surface area (Å²) in [5.74, 6) is 0.515. The number of aryl methyl sites for hydroxylation is 1. The van der Waals surface area contributed by atoms with Gasteiger partial charge in [0.2, 0.25) is 5.91 Å². The van der Waals surface area contributed by atoms with E-state index in [9.17, 15) is 9.90 Å². The first-order valence-electron chi connectivity index (χ1n) is 7.45. The SMILES string of the molecule is CN1C(=O)CCc2cc(C(O)C3CCNCC3)ccc21. The molecule has 1 aromatic rings. The minimum absolute atomic E-state index is 0.171. The van der Waals surface area contributed by atoms with Gasteiger partial charge in [-0.2, -0.15) is 0 Å². The molecule has 4 nitrogen and oxygen atoms in total. The molecule has 20 heavy (non-hydrogen) atoms. The van der Waals surface area contributed by atoms with Crippen molar-refractivity contribution >= 4 is 11.6 Å². The maximum Gasteiger partial charge on any atom is 0.227 e. The highest BCUT2D eigenvalue weighted by Crippen LogP contribution is 2.33. The number of carbonyl (C=O) groups is 1. The zero-order valence-electron chi connectivity index (χ0n) is 11.9. The lowest BCUT2D eigenvalue weighted by Crippen LogP contribution is -2.32.